The van der Waals surface area contributed by atoms with Gasteiger partial charge in [0.2, 0.25) is 5.91 Å². The van der Waals surface area contributed by atoms with E-state index >= 15 is 0 Å². The van der Waals surface area contributed by atoms with Gasteiger partial charge in [-0.3, -0.25) is 9.79 Å². The second-order valence-corrected chi connectivity index (χ2v) is 9.32. The number of aliphatic hydroxyl groups excluding tert-OH is 2. The fraction of sp³-hybridized carbons (Fsp3) is 0.364. The van der Waals surface area contributed by atoms with Crippen LogP contribution in [0.5, 0.6) is 0 Å². The van der Waals surface area contributed by atoms with Gasteiger partial charge in [-0.1, -0.05) is 53.7 Å². The zero-order valence-electron chi connectivity index (χ0n) is 16.5. The van der Waals surface area contributed by atoms with E-state index in [0.29, 0.717) is 16.7 Å². The van der Waals surface area contributed by atoms with Crippen LogP contribution in [0.4, 0.5) is 5.69 Å². The van der Waals surface area contributed by atoms with Crippen molar-refractivity contribution in [2.75, 3.05) is 12.4 Å². The third-order valence-electron chi connectivity index (χ3n) is 5.54. The number of hydrogen-bond donors (Lipinski definition) is 3. The normalized spacial score (nSPS) is 27.9. The molecule has 2 aromatic carbocycles. The summed E-state index contributed by atoms with van der Waals surface area (Å²) in [5, 5.41) is 25.1. The van der Waals surface area contributed by atoms with E-state index in [-0.39, 0.29) is 17.6 Å². The molecule has 0 radical (unpaired) electrons. The van der Waals surface area contributed by atoms with Crippen molar-refractivity contribution in [2.45, 2.75) is 36.5 Å². The molecule has 0 saturated heterocycles. The number of hydrogen-bond acceptors (Lipinski definition) is 6. The maximum Gasteiger partial charge on any atom is 0.227 e. The molecule has 2 aromatic rings. The van der Waals surface area contributed by atoms with Gasteiger partial charge in [0.1, 0.15) is 6.10 Å². The molecule has 3 N–H and O–H groups in total. The minimum Gasteiger partial charge on any atom is -0.390 e. The van der Waals surface area contributed by atoms with Gasteiger partial charge < -0.3 is 20.4 Å². The van der Waals surface area contributed by atoms with Crippen molar-refractivity contribution >= 4 is 40.1 Å². The average Bonchev–Trinajstić information content (AvgIpc) is 3.16. The van der Waals surface area contributed by atoms with Crippen LogP contribution in [0.1, 0.15) is 12.0 Å². The lowest BCUT2D eigenvalue weighted by atomic mass is 9.80. The Morgan fingerprint density at radius 2 is 1.90 bits per heavy atom. The van der Waals surface area contributed by atoms with Crippen LogP contribution in [0.15, 0.2) is 59.6 Å². The fourth-order valence-corrected chi connectivity index (χ4v) is 5.46. The maximum absolute atomic E-state index is 13.2. The minimum absolute atomic E-state index is 0.0461. The van der Waals surface area contributed by atoms with E-state index < -0.39 is 24.2 Å². The van der Waals surface area contributed by atoms with Gasteiger partial charge in [0.05, 0.1) is 18.1 Å². The smallest absolute Gasteiger partial charge is 0.227 e. The van der Waals surface area contributed by atoms with Gasteiger partial charge in [0.25, 0.3) is 0 Å². The van der Waals surface area contributed by atoms with Gasteiger partial charge in [-0.2, -0.15) is 0 Å². The van der Waals surface area contributed by atoms with Gasteiger partial charge in [-0.15, -0.1) is 0 Å². The SMILES string of the molecule is CN(Cc1ccccc1)C(=O)[C@H]1C[C@@H](O)[C@H](O)[C@@H]2N=C(Nc3ccc(Cl)cc3)S[C@@H]21. The van der Waals surface area contributed by atoms with Crippen molar-refractivity contribution < 1.29 is 15.0 Å². The van der Waals surface area contributed by atoms with E-state index in [1.54, 1.807) is 24.1 Å². The molecule has 0 spiro atoms. The number of thioether (sulfide) groups is 1. The highest BCUT2D eigenvalue weighted by atomic mass is 35.5. The molecule has 158 valence electrons. The number of nitrogens with one attached hydrogen (secondary N) is 1. The van der Waals surface area contributed by atoms with Crippen LogP contribution < -0.4 is 5.32 Å². The minimum atomic E-state index is -0.990. The van der Waals surface area contributed by atoms with Crippen molar-refractivity contribution in [1.29, 1.82) is 0 Å². The average molecular weight is 446 g/mol. The number of halogens is 1. The molecule has 30 heavy (non-hydrogen) atoms. The summed E-state index contributed by atoms with van der Waals surface area (Å²) in [6.45, 7) is 0.494. The number of aliphatic hydroxyl groups is 2. The Kier molecular flexibility index (Phi) is 6.34. The van der Waals surface area contributed by atoms with Crippen molar-refractivity contribution in [3.05, 3.63) is 65.2 Å². The van der Waals surface area contributed by atoms with Crippen LogP contribution in [0.25, 0.3) is 0 Å². The number of benzene rings is 2. The molecule has 6 nitrogen and oxygen atoms in total. The van der Waals surface area contributed by atoms with Crippen molar-refractivity contribution in [3.63, 3.8) is 0 Å². The third kappa shape index (κ3) is 4.49. The number of amides is 1. The Labute approximate surface area is 185 Å². The first-order valence-corrected chi connectivity index (χ1v) is 11.1. The number of anilines is 1. The van der Waals surface area contributed by atoms with Crippen LogP contribution in [0.3, 0.4) is 0 Å². The van der Waals surface area contributed by atoms with E-state index in [9.17, 15) is 15.0 Å². The number of aliphatic imine (C=N–C) groups is 1. The number of amidine groups is 1. The first kappa shape index (κ1) is 21.2. The molecule has 1 aliphatic heterocycles. The van der Waals surface area contributed by atoms with Crippen molar-refractivity contribution in [1.82, 2.24) is 4.90 Å². The van der Waals surface area contributed by atoms with Crippen LogP contribution in [0, 0.1) is 5.92 Å². The van der Waals surface area contributed by atoms with Crippen LogP contribution in [0.2, 0.25) is 5.02 Å². The molecule has 1 saturated carbocycles. The van der Waals surface area contributed by atoms with E-state index in [1.165, 1.54) is 11.8 Å². The Morgan fingerprint density at radius 3 is 2.60 bits per heavy atom. The molecule has 0 bridgehead atoms. The zero-order valence-corrected chi connectivity index (χ0v) is 18.1. The van der Waals surface area contributed by atoms with E-state index in [0.717, 1.165) is 11.3 Å². The highest BCUT2D eigenvalue weighted by Gasteiger charge is 2.50. The largest absolute Gasteiger partial charge is 0.390 e. The van der Waals surface area contributed by atoms with E-state index in [2.05, 4.69) is 10.3 Å². The van der Waals surface area contributed by atoms with Crippen molar-refractivity contribution in [2.24, 2.45) is 10.9 Å². The second kappa shape index (κ2) is 8.98. The molecule has 1 aliphatic carbocycles. The predicted molar refractivity (Wildman–Crippen MR) is 121 cm³/mol. The van der Waals surface area contributed by atoms with Gasteiger partial charge >= 0.3 is 0 Å². The Balaban J connectivity index is 1.48. The first-order valence-electron chi connectivity index (χ1n) is 9.84. The molecule has 2 aliphatic rings. The second-order valence-electron chi connectivity index (χ2n) is 7.72. The topological polar surface area (TPSA) is 85.2 Å². The number of rotatable bonds is 4. The molecule has 5 atom stereocenters. The number of nitrogens with zero attached hydrogens (tertiary/aromatic N) is 2. The first-order chi connectivity index (χ1) is 14.4. The Morgan fingerprint density at radius 1 is 1.20 bits per heavy atom. The summed E-state index contributed by atoms with van der Waals surface area (Å²) in [5.41, 5.74) is 1.87. The number of carbonyl (C=O) groups excluding carboxylic acids is 1. The summed E-state index contributed by atoms with van der Waals surface area (Å²) in [7, 11) is 1.77. The molecule has 0 unspecified atom stereocenters. The summed E-state index contributed by atoms with van der Waals surface area (Å²) < 4.78 is 0. The number of fused-ring (bicyclic) bond motifs is 1. The molecular weight excluding hydrogens is 422 g/mol. The van der Waals surface area contributed by atoms with Gasteiger partial charge in [0, 0.05) is 29.6 Å². The number of carbonyl (C=O) groups is 1. The third-order valence-corrected chi connectivity index (χ3v) is 7.10. The maximum atomic E-state index is 13.2. The molecular formula is C22H24ClN3O3S. The van der Waals surface area contributed by atoms with Crippen LogP contribution in [-0.4, -0.2) is 56.7 Å². The summed E-state index contributed by atoms with van der Waals surface area (Å²) in [5.74, 6) is -0.476. The standard InChI is InChI=1S/C22H24ClN3O3S/c1-26(12-13-5-3-2-4-6-13)21(29)16-11-17(27)19(28)18-20(16)30-22(25-18)24-15-9-7-14(23)8-10-15/h2-10,16-20,27-28H,11-12H2,1H3,(H,24,25)/t16-,17+,18-,19-,20+/m0/s1. The molecule has 1 fully saturated rings. The van der Waals surface area contributed by atoms with Crippen molar-refractivity contribution in [3.8, 4) is 0 Å². The molecule has 4 rings (SSSR count). The van der Waals surface area contributed by atoms with Gasteiger partial charge in [-0.25, -0.2) is 0 Å². The van der Waals surface area contributed by atoms with Crippen LogP contribution in [-0.2, 0) is 11.3 Å². The molecule has 1 heterocycles. The molecule has 8 heteroatoms. The van der Waals surface area contributed by atoms with E-state index in [1.807, 2.05) is 42.5 Å². The summed E-state index contributed by atoms with van der Waals surface area (Å²) >= 11 is 7.39. The Hall–Kier alpha value is -2.06. The quantitative estimate of drug-likeness (QED) is 0.673. The molecule has 1 amide bonds. The summed E-state index contributed by atoms with van der Waals surface area (Å²) in [4.78, 5) is 19.5. The monoisotopic (exact) mass is 445 g/mol. The van der Waals surface area contributed by atoms with Crippen LogP contribution >= 0.6 is 23.4 Å². The molecule has 0 aromatic heterocycles. The fourth-order valence-electron chi connectivity index (χ4n) is 3.97. The highest BCUT2D eigenvalue weighted by Crippen LogP contribution is 2.42. The lowest BCUT2D eigenvalue weighted by Gasteiger charge is -2.38. The van der Waals surface area contributed by atoms with Gasteiger partial charge in [0.15, 0.2) is 5.17 Å². The van der Waals surface area contributed by atoms with E-state index in [4.69, 9.17) is 11.6 Å². The predicted octanol–water partition coefficient (Wildman–Crippen LogP) is 2.99. The highest BCUT2D eigenvalue weighted by molar-refractivity contribution is 8.15. The summed E-state index contributed by atoms with van der Waals surface area (Å²) in [6.07, 6.45) is -1.75. The summed E-state index contributed by atoms with van der Waals surface area (Å²) in [6, 6.07) is 16.5. The lowest BCUT2D eigenvalue weighted by Crippen LogP contribution is -2.54. The van der Waals surface area contributed by atoms with Gasteiger partial charge in [-0.05, 0) is 36.2 Å². The Bertz CT molecular complexity index is 925. The lowest BCUT2D eigenvalue weighted by molar-refractivity contribution is -0.139. The zero-order chi connectivity index (χ0) is 21.3.